The van der Waals surface area contributed by atoms with Gasteiger partial charge in [-0.05, 0) is 68.2 Å². The maximum absolute atomic E-state index is 13.8. The molecule has 2 aromatic heterocycles. The molecule has 4 amide bonds. The van der Waals surface area contributed by atoms with Crippen LogP contribution in [-0.4, -0.2) is 51.7 Å². The zero-order valence-corrected chi connectivity index (χ0v) is 30.4. The van der Waals surface area contributed by atoms with Gasteiger partial charge in [0.25, 0.3) is 5.91 Å². The predicted molar refractivity (Wildman–Crippen MR) is 197 cm³/mol. The third-order valence-corrected chi connectivity index (χ3v) is 10.2. The quantitative estimate of drug-likeness (QED) is 0.135. The van der Waals surface area contributed by atoms with E-state index in [1.54, 1.807) is 19.2 Å². The van der Waals surface area contributed by atoms with Gasteiger partial charge in [0, 0.05) is 23.5 Å². The first kappa shape index (κ1) is 38.5. The SMILES string of the molecule is CC[C@@H](C)C(NC(=O)[C@@H](CC[C@H](CC1CCCCC1)NC(=O)[C@H](C)NC(=O)c1ccc2ccccc2n1)C(C)C)C(=O)NCc1ccccn1. The Balaban J connectivity index is 1.39. The van der Waals surface area contributed by atoms with Crippen LogP contribution in [-0.2, 0) is 20.9 Å². The number of carbonyl (C=O) groups is 4. The van der Waals surface area contributed by atoms with Crippen LogP contribution in [0.5, 0.6) is 0 Å². The highest BCUT2D eigenvalue weighted by molar-refractivity contribution is 5.97. The normalized spacial score (nSPS) is 16.5. The molecule has 1 saturated carbocycles. The zero-order valence-electron chi connectivity index (χ0n) is 30.4. The van der Waals surface area contributed by atoms with E-state index >= 15 is 0 Å². The molecule has 2 heterocycles. The Hall–Kier alpha value is -4.34. The summed E-state index contributed by atoms with van der Waals surface area (Å²) < 4.78 is 0. The summed E-state index contributed by atoms with van der Waals surface area (Å²) >= 11 is 0. The molecular weight excluding hydrogens is 628 g/mol. The monoisotopic (exact) mass is 684 g/mol. The first-order chi connectivity index (χ1) is 24.0. The Morgan fingerprint density at radius 1 is 0.800 bits per heavy atom. The number of fused-ring (bicyclic) bond motifs is 1. The lowest BCUT2D eigenvalue weighted by molar-refractivity contribution is -0.133. The van der Waals surface area contributed by atoms with Crippen LogP contribution in [0.15, 0.2) is 60.8 Å². The molecule has 1 unspecified atom stereocenters. The highest BCUT2D eigenvalue weighted by atomic mass is 16.2. The fourth-order valence-corrected chi connectivity index (χ4v) is 6.83. The highest BCUT2D eigenvalue weighted by Crippen LogP contribution is 2.29. The summed E-state index contributed by atoms with van der Waals surface area (Å²) in [7, 11) is 0. The molecule has 4 N–H and O–H groups in total. The summed E-state index contributed by atoms with van der Waals surface area (Å²) in [6.45, 7) is 10.0. The van der Waals surface area contributed by atoms with E-state index in [9.17, 15) is 19.2 Å². The standard InChI is InChI=1S/C40H56N6O4/c1-6-27(4)36(40(50)42-25-32-17-12-13-23-41-32)46-38(48)33(26(2)3)21-20-31(24-29-14-8-7-9-15-29)44-37(47)28(5)43-39(49)35-22-19-30-16-10-11-18-34(30)45-35/h10-13,16-19,22-23,26-29,31,33,36H,6-9,14-15,20-21,24-25H2,1-5H3,(H,42,50)(H,43,49)(H,44,47)(H,46,48)/t27-,28+,31-,33+,36?/m1/s1. The average Bonchev–Trinajstić information content (AvgIpc) is 3.12. The number of hydrogen-bond donors (Lipinski definition) is 4. The van der Waals surface area contributed by atoms with Crippen molar-refractivity contribution < 1.29 is 19.2 Å². The molecule has 5 atom stereocenters. The van der Waals surface area contributed by atoms with E-state index in [0.29, 0.717) is 24.3 Å². The molecule has 10 nitrogen and oxygen atoms in total. The number of aromatic nitrogens is 2. The summed E-state index contributed by atoms with van der Waals surface area (Å²) in [6.07, 6.45) is 10.3. The van der Waals surface area contributed by atoms with Crippen LogP contribution in [0.3, 0.4) is 0 Å². The Labute approximate surface area is 297 Å². The van der Waals surface area contributed by atoms with Crippen LogP contribution in [0, 0.1) is 23.7 Å². The van der Waals surface area contributed by atoms with E-state index in [2.05, 4.69) is 31.2 Å². The number of hydrogen-bond acceptors (Lipinski definition) is 6. The van der Waals surface area contributed by atoms with Crippen molar-refractivity contribution in [2.75, 3.05) is 0 Å². The zero-order chi connectivity index (χ0) is 36.0. The number of carbonyl (C=O) groups excluding carboxylic acids is 4. The Morgan fingerprint density at radius 2 is 1.54 bits per heavy atom. The van der Waals surface area contributed by atoms with Crippen LogP contribution >= 0.6 is 0 Å². The second kappa shape index (κ2) is 19.2. The van der Waals surface area contributed by atoms with Gasteiger partial charge >= 0.3 is 0 Å². The van der Waals surface area contributed by atoms with Crippen LogP contribution < -0.4 is 21.3 Å². The molecule has 3 aromatic rings. The van der Waals surface area contributed by atoms with E-state index in [1.807, 2.05) is 76.2 Å². The molecule has 0 spiro atoms. The Kier molecular flexibility index (Phi) is 14.7. The van der Waals surface area contributed by atoms with Crippen molar-refractivity contribution in [3.8, 4) is 0 Å². The van der Waals surface area contributed by atoms with Crippen LogP contribution in [0.1, 0.15) is 109 Å². The van der Waals surface area contributed by atoms with E-state index in [1.165, 1.54) is 19.3 Å². The van der Waals surface area contributed by atoms with Gasteiger partial charge in [-0.15, -0.1) is 0 Å². The minimum Gasteiger partial charge on any atom is -0.352 e. The van der Waals surface area contributed by atoms with Crippen molar-refractivity contribution >= 4 is 34.5 Å². The summed E-state index contributed by atoms with van der Waals surface area (Å²) in [5, 5.41) is 13.0. The topological polar surface area (TPSA) is 142 Å². The van der Waals surface area contributed by atoms with Gasteiger partial charge in [-0.2, -0.15) is 0 Å². The second-order valence-corrected chi connectivity index (χ2v) is 14.4. The van der Waals surface area contributed by atoms with E-state index in [0.717, 1.165) is 36.8 Å². The van der Waals surface area contributed by atoms with Crippen molar-refractivity contribution in [1.82, 2.24) is 31.2 Å². The van der Waals surface area contributed by atoms with E-state index in [4.69, 9.17) is 0 Å². The molecule has 270 valence electrons. The Bertz CT molecular complexity index is 1560. The van der Waals surface area contributed by atoms with Crippen LogP contribution in [0.4, 0.5) is 0 Å². The van der Waals surface area contributed by atoms with E-state index < -0.39 is 18.0 Å². The highest BCUT2D eigenvalue weighted by Gasteiger charge is 2.32. The first-order valence-electron chi connectivity index (χ1n) is 18.5. The minimum atomic E-state index is -0.769. The summed E-state index contributed by atoms with van der Waals surface area (Å²) in [5.74, 6) is -0.900. The number of para-hydroxylation sites is 1. The number of amides is 4. The largest absolute Gasteiger partial charge is 0.352 e. The van der Waals surface area contributed by atoms with Crippen molar-refractivity contribution in [3.63, 3.8) is 0 Å². The summed E-state index contributed by atoms with van der Waals surface area (Å²) in [6, 6.07) is 15.1. The molecule has 0 radical (unpaired) electrons. The third kappa shape index (κ3) is 11.4. The fourth-order valence-electron chi connectivity index (χ4n) is 6.83. The van der Waals surface area contributed by atoms with Crippen molar-refractivity contribution in [1.29, 1.82) is 0 Å². The van der Waals surface area contributed by atoms with Gasteiger partial charge in [-0.25, -0.2) is 4.98 Å². The van der Waals surface area contributed by atoms with Gasteiger partial charge in [-0.3, -0.25) is 24.2 Å². The molecule has 0 saturated heterocycles. The van der Waals surface area contributed by atoms with Gasteiger partial charge in [0.2, 0.25) is 17.7 Å². The van der Waals surface area contributed by atoms with Gasteiger partial charge in [0.15, 0.2) is 0 Å². The second-order valence-electron chi connectivity index (χ2n) is 14.4. The van der Waals surface area contributed by atoms with Crippen molar-refractivity contribution in [2.24, 2.45) is 23.7 Å². The van der Waals surface area contributed by atoms with Crippen LogP contribution in [0.25, 0.3) is 10.9 Å². The lowest BCUT2D eigenvalue weighted by Crippen LogP contribution is -2.52. The molecular formula is C40H56N6O4. The average molecular weight is 685 g/mol. The lowest BCUT2D eigenvalue weighted by atomic mass is 9.82. The summed E-state index contributed by atoms with van der Waals surface area (Å²) in [5.41, 5.74) is 1.73. The fraction of sp³-hybridized carbons (Fsp3) is 0.550. The van der Waals surface area contributed by atoms with Gasteiger partial charge in [0.1, 0.15) is 17.8 Å². The van der Waals surface area contributed by atoms with Crippen molar-refractivity contribution in [2.45, 2.75) is 117 Å². The smallest absolute Gasteiger partial charge is 0.270 e. The number of nitrogens with zero attached hydrogens (tertiary/aromatic N) is 2. The van der Waals surface area contributed by atoms with Gasteiger partial charge in [0.05, 0.1) is 17.8 Å². The molecule has 4 rings (SSSR count). The molecule has 0 aliphatic heterocycles. The van der Waals surface area contributed by atoms with E-state index in [-0.39, 0.29) is 53.8 Å². The molecule has 10 heteroatoms. The lowest BCUT2D eigenvalue weighted by Gasteiger charge is -2.31. The minimum absolute atomic E-state index is 0.0304. The molecule has 0 bridgehead atoms. The van der Waals surface area contributed by atoms with Gasteiger partial charge in [-0.1, -0.05) is 96.6 Å². The first-order valence-corrected chi connectivity index (χ1v) is 18.5. The molecule has 1 aromatic carbocycles. The number of rotatable bonds is 17. The maximum atomic E-state index is 13.8. The maximum Gasteiger partial charge on any atom is 0.270 e. The van der Waals surface area contributed by atoms with Gasteiger partial charge < -0.3 is 21.3 Å². The molecule has 1 aliphatic rings. The predicted octanol–water partition coefficient (Wildman–Crippen LogP) is 6.10. The molecule has 1 fully saturated rings. The summed E-state index contributed by atoms with van der Waals surface area (Å²) in [4.78, 5) is 62.4. The number of pyridine rings is 2. The van der Waals surface area contributed by atoms with Crippen molar-refractivity contribution in [3.05, 3.63) is 72.2 Å². The Morgan fingerprint density at radius 3 is 2.24 bits per heavy atom. The molecule has 50 heavy (non-hydrogen) atoms. The molecule has 1 aliphatic carbocycles. The number of benzene rings is 1. The van der Waals surface area contributed by atoms with Crippen LogP contribution in [0.2, 0.25) is 0 Å². The third-order valence-electron chi connectivity index (χ3n) is 10.2. The number of nitrogens with one attached hydrogen (secondary N) is 4.